The molecule has 0 saturated carbocycles. The summed E-state index contributed by atoms with van der Waals surface area (Å²) in [4.78, 5) is 25.0. The third-order valence-corrected chi connectivity index (χ3v) is 4.37. The van der Waals surface area contributed by atoms with Gasteiger partial charge in [0.25, 0.3) is 11.5 Å². The summed E-state index contributed by atoms with van der Waals surface area (Å²) >= 11 is 3.23. The minimum absolute atomic E-state index is 0.00665. The van der Waals surface area contributed by atoms with Crippen LogP contribution in [0, 0.1) is 11.6 Å². The molecule has 2 N–H and O–H groups in total. The van der Waals surface area contributed by atoms with Crippen molar-refractivity contribution in [2.24, 2.45) is 0 Å². The van der Waals surface area contributed by atoms with E-state index < -0.39 is 23.1 Å². The summed E-state index contributed by atoms with van der Waals surface area (Å²) < 4.78 is 29.1. The quantitative estimate of drug-likeness (QED) is 0.462. The van der Waals surface area contributed by atoms with Gasteiger partial charge in [-0.25, -0.2) is 8.78 Å². The first-order chi connectivity index (χ1) is 13.3. The molecule has 0 saturated heterocycles. The minimum atomic E-state index is -1.01. The van der Waals surface area contributed by atoms with Crippen LogP contribution in [0.2, 0.25) is 0 Å². The van der Waals surface area contributed by atoms with Crippen molar-refractivity contribution in [2.75, 3.05) is 0 Å². The van der Waals surface area contributed by atoms with Gasteiger partial charge in [-0.3, -0.25) is 14.8 Å². The number of aromatic nitrogens is 2. The summed E-state index contributed by atoms with van der Waals surface area (Å²) in [5, 5.41) is 12.1. The standard InChI is InChI=1S/C19H14BrF2N3O3/c20-14-6-13(10-25(28)11-14)8-23-18(26)15-2-1-5-24(19(15)27)9-12-3-4-16(21)17(22)7-12/h1-7,10-11H,8-9H2,(H-,23,26,28)/p+1. The zero-order chi connectivity index (χ0) is 20.3. The molecule has 2 heterocycles. The fraction of sp³-hybridized carbons (Fsp3) is 0.105. The van der Waals surface area contributed by atoms with Crippen LogP contribution in [-0.2, 0) is 13.1 Å². The number of amides is 1. The van der Waals surface area contributed by atoms with Crippen LogP contribution < -0.4 is 15.6 Å². The van der Waals surface area contributed by atoms with Crippen LogP contribution in [0.15, 0.2) is 64.3 Å². The van der Waals surface area contributed by atoms with Crippen molar-refractivity contribution in [2.45, 2.75) is 13.1 Å². The zero-order valence-electron chi connectivity index (χ0n) is 14.4. The monoisotopic (exact) mass is 450 g/mol. The van der Waals surface area contributed by atoms with Crippen LogP contribution in [0.5, 0.6) is 0 Å². The molecule has 0 bridgehead atoms. The Morgan fingerprint density at radius 1 is 1.14 bits per heavy atom. The summed E-state index contributed by atoms with van der Waals surface area (Å²) in [5.41, 5.74) is 0.358. The van der Waals surface area contributed by atoms with Gasteiger partial charge < -0.3 is 9.88 Å². The van der Waals surface area contributed by atoms with E-state index in [-0.39, 0.29) is 18.7 Å². The Kier molecular flexibility index (Phi) is 5.84. The molecule has 1 amide bonds. The van der Waals surface area contributed by atoms with Crippen molar-refractivity contribution in [3.8, 4) is 0 Å². The molecule has 0 spiro atoms. The number of nitrogens with one attached hydrogen (secondary N) is 1. The number of hydrogen-bond donors (Lipinski definition) is 2. The Balaban J connectivity index is 1.77. The maximum atomic E-state index is 13.4. The van der Waals surface area contributed by atoms with Gasteiger partial charge >= 0.3 is 0 Å². The average Bonchev–Trinajstić information content (AvgIpc) is 2.64. The zero-order valence-corrected chi connectivity index (χ0v) is 16.0. The molecule has 1 aromatic carbocycles. The number of nitrogens with zero attached hydrogens (tertiary/aromatic N) is 2. The number of benzene rings is 1. The molecule has 0 aliphatic rings. The van der Waals surface area contributed by atoms with Crippen molar-refractivity contribution in [1.82, 2.24) is 9.88 Å². The molecular weight excluding hydrogens is 436 g/mol. The van der Waals surface area contributed by atoms with Crippen LogP contribution in [0.4, 0.5) is 8.78 Å². The molecule has 0 aliphatic carbocycles. The number of hydrogen-bond acceptors (Lipinski definition) is 3. The van der Waals surface area contributed by atoms with Gasteiger partial charge in [0.1, 0.15) is 5.56 Å². The normalized spacial score (nSPS) is 10.7. The third kappa shape index (κ3) is 4.61. The Morgan fingerprint density at radius 2 is 1.93 bits per heavy atom. The molecule has 0 fully saturated rings. The van der Waals surface area contributed by atoms with Crippen LogP contribution in [0.25, 0.3) is 0 Å². The van der Waals surface area contributed by atoms with E-state index in [4.69, 9.17) is 0 Å². The van der Waals surface area contributed by atoms with Gasteiger partial charge in [-0.05, 0) is 51.8 Å². The molecule has 144 valence electrons. The van der Waals surface area contributed by atoms with Crippen LogP contribution in [0.3, 0.4) is 0 Å². The first-order valence-electron chi connectivity index (χ1n) is 8.15. The fourth-order valence-electron chi connectivity index (χ4n) is 2.63. The van der Waals surface area contributed by atoms with Gasteiger partial charge in [0.05, 0.1) is 11.0 Å². The first-order valence-corrected chi connectivity index (χ1v) is 8.94. The van der Waals surface area contributed by atoms with Gasteiger partial charge in [0.2, 0.25) is 12.4 Å². The Hall–Kier alpha value is -3.07. The number of rotatable bonds is 5. The number of carbonyl (C=O) groups is 1. The largest absolute Gasteiger partial charge is 0.348 e. The van der Waals surface area contributed by atoms with Crippen molar-refractivity contribution < 1.29 is 23.5 Å². The van der Waals surface area contributed by atoms with E-state index in [1.807, 2.05) is 0 Å². The predicted octanol–water partition coefficient (Wildman–Crippen LogP) is 2.39. The van der Waals surface area contributed by atoms with Gasteiger partial charge in [0, 0.05) is 23.0 Å². The van der Waals surface area contributed by atoms with Crippen LogP contribution in [0.1, 0.15) is 21.5 Å². The lowest BCUT2D eigenvalue weighted by molar-refractivity contribution is -0.905. The Bertz CT molecular complexity index is 1080. The molecule has 0 aliphatic heterocycles. The summed E-state index contributed by atoms with van der Waals surface area (Å²) in [6.07, 6.45) is 4.31. The minimum Gasteiger partial charge on any atom is -0.348 e. The lowest BCUT2D eigenvalue weighted by Gasteiger charge is -2.09. The molecule has 28 heavy (non-hydrogen) atoms. The average molecular weight is 451 g/mol. The second-order valence-electron chi connectivity index (χ2n) is 6.03. The first kappa shape index (κ1) is 19.7. The molecule has 2 aromatic heterocycles. The molecule has 0 unspecified atom stereocenters. The highest BCUT2D eigenvalue weighted by atomic mass is 79.9. The summed E-state index contributed by atoms with van der Waals surface area (Å²) in [7, 11) is 0. The van der Waals surface area contributed by atoms with Gasteiger partial charge in [0.15, 0.2) is 11.6 Å². The van der Waals surface area contributed by atoms with Crippen LogP contribution in [-0.4, -0.2) is 15.7 Å². The van der Waals surface area contributed by atoms with E-state index in [0.29, 0.717) is 15.6 Å². The molecule has 3 rings (SSSR count). The van der Waals surface area contributed by atoms with E-state index in [2.05, 4.69) is 21.2 Å². The summed E-state index contributed by atoms with van der Waals surface area (Å²) in [6, 6.07) is 7.97. The summed E-state index contributed by atoms with van der Waals surface area (Å²) in [5.74, 6) is -2.57. The van der Waals surface area contributed by atoms with Crippen LogP contribution >= 0.6 is 15.9 Å². The van der Waals surface area contributed by atoms with Crippen molar-refractivity contribution >= 4 is 21.8 Å². The topological polar surface area (TPSA) is 75.2 Å². The number of pyridine rings is 2. The molecular formula is C19H15BrF2N3O3+. The van der Waals surface area contributed by atoms with E-state index in [1.165, 1.54) is 41.4 Å². The molecule has 3 aromatic rings. The second-order valence-corrected chi connectivity index (χ2v) is 6.94. The second kappa shape index (κ2) is 8.30. The van der Waals surface area contributed by atoms with E-state index in [1.54, 1.807) is 6.07 Å². The summed E-state index contributed by atoms with van der Waals surface area (Å²) in [6.45, 7) is 0.0869. The fourth-order valence-corrected chi connectivity index (χ4v) is 3.13. The van der Waals surface area contributed by atoms with Crippen molar-refractivity contribution in [3.05, 3.63) is 98.1 Å². The number of halogens is 3. The van der Waals surface area contributed by atoms with E-state index in [9.17, 15) is 23.6 Å². The lowest BCUT2D eigenvalue weighted by atomic mass is 10.2. The van der Waals surface area contributed by atoms with Gasteiger partial charge in [-0.2, -0.15) is 0 Å². The molecule has 6 nitrogen and oxygen atoms in total. The maximum Gasteiger partial charge on any atom is 0.263 e. The SMILES string of the molecule is O=C(NCc1cc(Br)c[n+](O)c1)c1cccn(Cc2ccc(F)c(F)c2)c1=O. The number of carbonyl (C=O) groups excluding carboxylic acids is 1. The van der Waals surface area contributed by atoms with E-state index >= 15 is 0 Å². The smallest absolute Gasteiger partial charge is 0.263 e. The van der Waals surface area contributed by atoms with Gasteiger partial charge in [-0.15, -0.1) is 0 Å². The maximum absolute atomic E-state index is 13.4. The highest BCUT2D eigenvalue weighted by molar-refractivity contribution is 9.10. The molecule has 9 heteroatoms. The highest BCUT2D eigenvalue weighted by Crippen LogP contribution is 2.10. The Morgan fingerprint density at radius 3 is 2.64 bits per heavy atom. The van der Waals surface area contributed by atoms with Crippen molar-refractivity contribution in [1.29, 1.82) is 0 Å². The van der Waals surface area contributed by atoms with Crippen molar-refractivity contribution in [3.63, 3.8) is 0 Å². The third-order valence-electron chi connectivity index (χ3n) is 3.93. The van der Waals surface area contributed by atoms with E-state index in [0.717, 1.165) is 16.9 Å². The lowest BCUT2D eigenvalue weighted by Crippen LogP contribution is -2.34. The molecule has 0 atom stereocenters. The highest BCUT2D eigenvalue weighted by Gasteiger charge is 2.14. The molecule has 0 radical (unpaired) electrons. The predicted molar refractivity (Wildman–Crippen MR) is 98.9 cm³/mol. The Labute approximate surface area is 166 Å². The van der Waals surface area contributed by atoms with Gasteiger partial charge in [-0.1, -0.05) is 6.07 Å².